The molecule has 2 aromatic heterocycles. The number of nitrogens with zero attached hydrogens (tertiary/aromatic N) is 3. The molecule has 0 fully saturated rings. The van der Waals surface area contributed by atoms with Crippen LogP contribution in [0.4, 0.5) is 0 Å². The van der Waals surface area contributed by atoms with Crippen molar-refractivity contribution < 1.29 is 14.7 Å². The summed E-state index contributed by atoms with van der Waals surface area (Å²) in [4.78, 5) is 25.9. The van der Waals surface area contributed by atoms with E-state index in [1.54, 1.807) is 0 Å². The number of aromatic carboxylic acids is 1. The van der Waals surface area contributed by atoms with E-state index in [0.717, 1.165) is 16.5 Å². The summed E-state index contributed by atoms with van der Waals surface area (Å²) in [6.07, 6.45) is 3.89. The van der Waals surface area contributed by atoms with Crippen molar-refractivity contribution in [2.24, 2.45) is 0 Å². The van der Waals surface area contributed by atoms with Gasteiger partial charge in [0.1, 0.15) is 6.54 Å². The lowest BCUT2D eigenvalue weighted by atomic mass is 10.1. The van der Waals surface area contributed by atoms with Gasteiger partial charge in [-0.1, -0.05) is 23.4 Å². The number of aromatic amines is 1. The smallest absolute Gasteiger partial charge is 0.358 e. The number of para-hydroxylation sites is 1. The molecule has 3 aromatic rings. The second-order valence-electron chi connectivity index (χ2n) is 5.52. The molecule has 3 rings (SSSR count). The molecule has 0 spiro atoms. The fourth-order valence-corrected chi connectivity index (χ4v) is 2.58. The Hall–Kier alpha value is -3.16. The van der Waals surface area contributed by atoms with Crippen molar-refractivity contribution in [1.82, 2.24) is 25.3 Å². The largest absolute Gasteiger partial charge is 0.476 e. The topological polar surface area (TPSA) is 113 Å². The monoisotopic (exact) mass is 327 g/mol. The summed E-state index contributed by atoms with van der Waals surface area (Å²) in [5, 5.41) is 19.8. The Morgan fingerprint density at radius 3 is 2.96 bits per heavy atom. The average molecular weight is 327 g/mol. The maximum atomic E-state index is 11.9. The lowest BCUT2D eigenvalue weighted by molar-refractivity contribution is -0.121. The minimum atomic E-state index is -1.17. The van der Waals surface area contributed by atoms with Gasteiger partial charge in [-0.25, -0.2) is 9.48 Å². The minimum absolute atomic E-state index is 0.0622. The van der Waals surface area contributed by atoms with Crippen molar-refractivity contribution in [2.75, 3.05) is 6.54 Å². The molecule has 0 aliphatic rings. The van der Waals surface area contributed by atoms with Gasteiger partial charge >= 0.3 is 5.97 Å². The molecule has 8 nitrogen and oxygen atoms in total. The number of hydrogen-bond donors (Lipinski definition) is 3. The fraction of sp³-hybridized carbons (Fsp3) is 0.250. The number of aromatic nitrogens is 4. The predicted octanol–water partition coefficient (Wildman–Crippen LogP) is 1.12. The first kappa shape index (κ1) is 15.7. The average Bonchev–Trinajstić information content (AvgIpc) is 3.16. The zero-order valence-electron chi connectivity index (χ0n) is 13.1. The van der Waals surface area contributed by atoms with Crippen LogP contribution in [0.2, 0.25) is 0 Å². The number of fused-ring (bicyclic) bond motifs is 1. The van der Waals surface area contributed by atoms with Crippen LogP contribution in [0, 0.1) is 6.92 Å². The molecule has 2 heterocycles. The van der Waals surface area contributed by atoms with Gasteiger partial charge in [0.15, 0.2) is 5.69 Å². The second-order valence-corrected chi connectivity index (χ2v) is 5.52. The van der Waals surface area contributed by atoms with E-state index in [0.29, 0.717) is 13.0 Å². The van der Waals surface area contributed by atoms with Crippen LogP contribution < -0.4 is 5.32 Å². The molecular weight excluding hydrogens is 310 g/mol. The highest BCUT2D eigenvalue weighted by molar-refractivity contribution is 5.86. The van der Waals surface area contributed by atoms with Gasteiger partial charge in [0.25, 0.3) is 0 Å². The molecule has 24 heavy (non-hydrogen) atoms. The molecule has 124 valence electrons. The van der Waals surface area contributed by atoms with E-state index in [4.69, 9.17) is 5.11 Å². The van der Waals surface area contributed by atoms with Crippen molar-refractivity contribution in [1.29, 1.82) is 0 Å². The molecule has 1 aromatic carbocycles. The third kappa shape index (κ3) is 3.27. The quantitative estimate of drug-likeness (QED) is 0.628. The lowest BCUT2D eigenvalue weighted by Gasteiger charge is -2.05. The first-order chi connectivity index (χ1) is 11.5. The normalized spacial score (nSPS) is 10.9. The molecule has 0 radical (unpaired) electrons. The van der Waals surface area contributed by atoms with E-state index < -0.39 is 5.97 Å². The van der Waals surface area contributed by atoms with Gasteiger partial charge < -0.3 is 15.4 Å². The van der Waals surface area contributed by atoms with E-state index in [-0.39, 0.29) is 18.1 Å². The van der Waals surface area contributed by atoms with Gasteiger partial charge in [-0.3, -0.25) is 4.79 Å². The Morgan fingerprint density at radius 2 is 2.21 bits per heavy atom. The van der Waals surface area contributed by atoms with Crippen molar-refractivity contribution in [3.8, 4) is 0 Å². The number of benzene rings is 1. The number of carbonyl (C=O) groups is 2. The first-order valence-electron chi connectivity index (χ1n) is 7.50. The highest BCUT2D eigenvalue weighted by atomic mass is 16.4. The van der Waals surface area contributed by atoms with Gasteiger partial charge in [0.2, 0.25) is 5.91 Å². The molecule has 0 saturated carbocycles. The summed E-state index contributed by atoms with van der Waals surface area (Å²) >= 11 is 0. The van der Waals surface area contributed by atoms with Gasteiger partial charge in [-0.15, -0.1) is 5.10 Å². The fourth-order valence-electron chi connectivity index (χ4n) is 2.58. The predicted molar refractivity (Wildman–Crippen MR) is 86.7 cm³/mol. The number of nitrogens with one attached hydrogen (secondary N) is 2. The number of carboxylic acids is 1. The third-order valence-electron chi connectivity index (χ3n) is 3.79. The molecule has 0 bridgehead atoms. The van der Waals surface area contributed by atoms with E-state index in [9.17, 15) is 9.59 Å². The molecule has 0 aliphatic heterocycles. The van der Waals surface area contributed by atoms with Crippen LogP contribution in [0.1, 0.15) is 21.6 Å². The highest BCUT2D eigenvalue weighted by Gasteiger charge is 2.11. The van der Waals surface area contributed by atoms with Gasteiger partial charge in [0.05, 0.1) is 6.20 Å². The van der Waals surface area contributed by atoms with Gasteiger partial charge in [-0.05, 0) is 24.5 Å². The Balaban J connectivity index is 1.54. The SMILES string of the molecule is Cc1cccc2c(CCNC(=O)Cn3cc(C(=O)O)nn3)c[nH]c12. The summed E-state index contributed by atoms with van der Waals surface area (Å²) in [5.74, 6) is -1.41. The third-order valence-corrected chi connectivity index (χ3v) is 3.79. The van der Waals surface area contributed by atoms with E-state index >= 15 is 0 Å². The Morgan fingerprint density at radius 1 is 1.38 bits per heavy atom. The second kappa shape index (κ2) is 6.53. The van der Waals surface area contributed by atoms with Crippen molar-refractivity contribution in [3.63, 3.8) is 0 Å². The lowest BCUT2D eigenvalue weighted by Crippen LogP contribution is -2.29. The zero-order chi connectivity index (χ0) is 17.1. The minimum Gasteiger partial charge on any atom is -0.476 e. The van der Waals surface area contributed by atoms with Crippen LogP contribution in [0.25, 0.3) is 10.9 Å². The summed E-state index contributed by atoms with van der Waals surface area (Å²) in [6.45, 7) is 2.47. The number of rotatable bonds is 6. The van der Waals surface area contributed by atoms with E-state index in [1.807, 2.05) is 25.3 Å². The number of aryl methyl sites for hydroxylation is 1. The van der Waals surface area contributed by atoms with Crippen LogP contribution in [0.3, 0.4) is 0 Å². The summed E-state index contributed by atoms with van der Waals surface area (Å²) in [5.41, 5.74) is 3.26. The number of carbonyl (C=O) groups excluding carboxylic acids is 1. The van der Waals surface area contributed by atoms with Crippen LogP contribution in [-0.4, -0.2) is 43.5 Å². The maximum absolute atomic E-state index is 11.9. The molecule has 0 aliphatic carbocycles. The Bertz CT molecular complexity index is 896. The Labute approximate surface area is 137 Å². The van der Waals surface area contributed by atoms with Crippen LogP contribution in [0.15, 0.2) is 30.6 Å². The van der Waals surface area contributed by atoms with Gasteiger partial charge in [0, 0.05) is 23.6 Å². The Kier molecular flexibility index (Phi) is 4.28. The van der Waals surface area contributed by atoms with Crippen LogP contribution >= 0.6 is 0 Å². The highest BCUT2D eigenvalue weighted by Crippen LogP contribution is 2.21. The number of hydrogen-bond acceptors (Lipinski definition) is 4. The summed E-state index contributed by atoms with van der Waals surface area (Å²) in [6, 6.07) is 6.12. The molecule has 0 atom stereocenters. The number of H-pyrrole nitrogens is 1. The standard InChI is InChI=1S/C16H17N5O3/c1-10-3-2-4-12-11(7-18-15(10)12)5-6-17-14(22)9-21-8-13(16(23)24)19-20-21/h2-4,7-8,18H,5-6,9H2,1H3,(H,17,22)(H,23,24). The maximum Gasteiger partial charge on any atom is 0.358 e. The van der Waals surface area contributed by atoms with E-state index in [1.165, 1.54) is 16.4 Å². The van der Waals surface area contributed by atoms with E-state index in [2.05, 4.69) is 26.7 Å². The number of amides is 1. The molecule has 8 heteroatoms. The van der Waals surface area contributed by atoms with Crippen molar-refractivity contribution in [2.45, 2.75) is 19.9 Å². The zero-order valence-corrected chi connectivity index (χ0v) is 13.1. The molecule has 0 saturated heterocycles. The summed E-state index contributed by atoms with van der Waals surface area (Å²) in [7, 11) is 0. The van der Waals surface area contributed by atoms with Crippen molar-refractivity contribution in [3.05, 3.63) is 47.4 Å². The first-order valence-corrected chi connectivity index (χ1v) is 7.50. The molecule has 3 N–H and O–H groups in total. The molecular formula is C16H17N5O3. The van der Waals surface area contributed by atoms with Crippen LogP contribution in [-0.2, 0) is 17.8 Å². The van der Waals surface area contributed by atoms with Crippen molar-refractivity contribution >= 4 is 22.8 Å². The summed E-state index contributed by atoms with van der Waals surface area (Å²) < 4.78 is 1.20. The molecule has 1 amide bonds. The van der Waals surface area contributed by atoms with Gasteiger partial charge in [-0.2, -0.15) is 0 Å². The van der Waals surface area contributed by atoms with Crippen LogP contribution in [0.5, 0.6) is 0 Å². The number of carboxylic acid groups (broad SMARTS) is 1. The molecule has 0 unspecified atom stereocenters.